The summed E-state index contributed by atoms with van der Waals surface area (Å²) in [6.45, 7) is 1.81. The van der Waals surface area contributed by atoms with Gasteiger partial charge in [-0.2, -0.15) is 5.10 Å². The molecule has 7 heteroatoms. The van der Waals surface area contributed by atoms with E-state index in [9.17, 15) is 8.78 Å². The van der Waals surface area contributed by atoms with Gasteiger partial charge in [-0.1, -0.05) is 23.7 Å². The van der Waals surface area contributed by atoms with Crippen LogP contribution in [0.25, 0.3) is 16.6 Å². The molecule has 2 N–H and O–H groups in total. The summed E-state index contributed by atoms with van der Waals surface area (Å²) in [5.41, 5.74) is 8.32. The number of fused-ring (bicyclic) bond motifs is 1. The zero-order valence-corrected chi connectivity index (χ0v) is 16.3. The van der Waals surface area contributed by atoms with E-state index < -0.39 is 6.10 Å². The van der Waals surface area contributed by atoms with Crippen LogP contribution in [0, 0.1) is 11.6 Å². The van der Waals surface area contributed by atoms with Crippen molar-refractivity contribution in [2.75, 3.05) is 0 Å². The summed E-state index contributed by atoms with van der Waals surface area (Å²) in [7, 11) is 0. The Morgan fingerprint density at radius 1 is 1.00 bits per heavy atom. The lowest BCUT2D eigenvalue weighted by molar-refractivity contribution is 0.181. The van der Waals surface area contributed by atoms with Crippen LogP contribution in [0.1, 0.15) is 18.6 Å². The molecule has 0 aliphatic carbocycles. The monoisotopic (exact) mass is 413 g/mol. The molecular formula is C22H18ClF2N3O. The van der Waals surface area contributed by atoms with Gasteiger partial charge in [0.25, 0.3) is 0 Å². The molecule has 2 atom stereocenters. The van der Waals surface area contributed by atoms with Gasteiger partial charge in [0, 0.05) is 11.4 Å². The SMILES string of the molecule is CC(N)C(Oc1cc2cnn(-c3ccc(F)cc3)c2cc1Cl)c1ccc(F)cc1. The van der Waals surface area contributed by atoms with Crippen LogP contribution in [0.5, 0.6) is 5.75 Å². The van der Waals surface area contributed by atoms with E-state index in [1.165, 1.54) is 24.3 Å². The van der Waals surface area contributed by atoms with Crippen molar-refractivity contribution in [2.24, 2.45) is 5.73 Å². The second-order valence-electron chi connectivity index (χ2n) is 6.82. The Kier molecular flexibility index (Phi) is 5.22. The summed E-state index contributed by atoms with van der Waals surface area (Å²) in [6.07, 6.45) is 1.18. The van der Waals surface area contributed by atoms with E-state index in [-0.39, 0.29) is 17.7 Å². The molecule has 1 aromatic heterocycles. The Balaban J connectivity index is 1.70. The molecule has 0 saturated heterocycles. The number of nitrogens with two attached hydrogens (primary N) is 1. The number of nitrogens with zero attached hydrogens (tertiary/aromatic N) is 2. The summed E-state index contributed by atoms with van der Waals surface area (Å²) in [5, 5.41) is 5.56. The highest BCUT2D eigenvalue weighted by Crippen LogP contribution is 2.35. The van der Waals surface area contributed by atoms with Crippen molar-refractivity contribution in [2.45, 2.75) is 19.1 Å². The fourth-order valence-corrected chi connectivity index (χ4v) is 3.38. The van der Waals surface area contributed by atoms with Gasteiger partial charge < -0.3 is 10.5 Å². The van der Waals surface area contributed by atoms with Crippen LogP contribution in [0.15, 0.2) is 66.9 Å². The first-order chi connectivity index (χ1) is 13.9. The van der Waals surface area contributed by atoms with Crippen LogP contribution in [0.2, 0.25) is 5.02 Å². The molecule has 0 amide bonds. The van der Waals surface area contributed by atoms with Crippen LogP contribution in [-0.2, 0) is 0 Å². The van der Waals surface area contributed by atoms with E-state index in [0.717, 1.165) is 16.5 Å². The van der Waals surface area contributed by atoms with Crippen molar-refractivity contribution in [1.82, 2.24) is 9.78 Å². The summed E-state index contributed by atoms with van der Waals surface area (Å²) >= 11 is 6.48. The maximum Gasteiger partial charge on any atom is 0.139 e. The van der Waals surface area contributed by atoms with Crippen LogP contribution < -0.4 is 10.5 Å². The van der Waals surface area contributed by atoms with Crippen LogP contribution in [0.4, 0.5) is 8.78 Å². The molecule has 148 valence electrons. The van der Waals surface area contributed by atoms with Crippen molar-refractivity contribution in [3.05, 3.63) is 89.1 Å². The van der Waals surface area contributed by atoms with Crippen molar-refractivity contribution < 1.29 is 13.5 Å². The molecule has 29 heavy (non-hydrogen) atoms. The van der Waals surface area contributed by atoms with E-state index in [0.29, 0.717) is 16.5 Å². The van der Waals surface area contributed by atoms with E-state index >= 15 is 0 Å². The van der Waals surface area contributed by atoms with Gasteiger partial charge in [0.1, 0.15) is 23.5 Å². The number of hydrogen-bond acceptors (Lipinski definition) is 3. The Hall–Kier alpha value is -2.96. The zero-order chi connectivity index (χ0) is 20.5. The normalized spacial score (nSPS) is 13.4. The van der Waals surface area contributed by atoms with E-state index in [1.54, 1.807) is 47.3 Å². The Morgan fingerprint density at radius 3 is 2.24 bits per heavy atom. The van der Waals surface area contributed by atoms with Crippen LogP contribution in [-0.4, -0.2) is 15.8 Å². The van der Waals surface area contributed by atoms with Crippen molar-refractivity contribution in [1.29, 1.82) is 0 Å². The highest BCUT2D eigenvalue weighted by Gasteiger charge is 2.21. The first-order valence-electron chi connectivity index (χ1n) is 9.03. The average molecular weight is 414 g/mol. The predicted molar refractivity (Wildman–Crippen MR) is 109 cm³/mol. The van der Waals surface area contributed by atoms with E-state index in [1.807, 2.05) is 6.92 Å². The van der Waals surface area contributed by atoms with Crippen molar-refractivity contribution in [3.63, 3.8) is 0 Å². The standard InChI is InChI=1S/C22H18ClF2N3O/c1-13(26)22(14-2-4-16(24)5-3-14)29-21-10-15-12-27-28(20(15)11-19(21)23)18-8-6-17(25)7-9-18/h2-13,22H,26H2,1H3. The molecule has 4 rings (SSSR count). The number of ether oxygens (including phenoxy) is 1. The molecule has 0 fully saturated rings. The van der Waals surface area contributed by atoms with Gasteiger partial charge in [0.2, 0.25) is 0 Å². The quantitative estimate of drug-likeness (QED) is 0.475. The first kappa shape index (κ1) is 19.4. The van der Waals surface area contributed by atoms with Gasteiger partial charge in [-0.15, -0.1) is 0 Å². The highest BCUT2D eigenvalue weighted by molar-refractivity contribution is 6.32. The maximum absolute atomic E-state index is 13.3. The molecule has 2 unspecified atom stereocenters. The molecule has 0 aliphatic heterocycles. The lowest BCUT2D eigenvalue weighted by Gasteiger charge is -2.23. The topological polar surface area (TPSA) is 53.1 Å². The summed E-state index contributed by atoms with van der Waals surface area (Å²) < 4.78 is 34.2. The van der Waals surface area contributed by atoms with Crippen molar-refractivity contribution in [3.8, 4) is 11.4 Å². The molecule has 4 aromatic rings. The third-order valence-electron chi connectivity index (χ3n) is 4.62. The van der Waals surface area contributed by atoms with Crippen LogP contribution >= 0.6 is 11.6 Å². The summed E-state index contributed by atoms with van der Waals surface area (Å²) in [4.78, 5) is 0. The van der Waals surface area contributed by atoms with Crippen molar-refractivity contribution >= 4 is 22.5 Å². The van der Waals surface area contributed by atoms with Gasteiger partial charge >= 0.3 is 0 Å². The molecule has 1 heterocycles. The highest BCUT2D eigenvalue weighted by atomic mass is 35.5. The van der Waals surface area contributed by atoms with E-state index in [4.69, 9.17) is 22.1 Å². The van der Waals surface area contributed by atoms with Gasteiger partial charge in [-0.25, -0.2) is 13.5 Å². The number of benzene rings is 3. The number of hydrogen-bond donors (Lipinski definition) is 1. The zero-order valence-electron chi connectivity index (χ0n) is 15.5. The lowest BCUT2D eigenvalue weighted by atomic mass is 10.0. The number of aromatic nitrogens is 2. The second kappa shape index (κ2) is 7.81. The molecule has 0 spiro atoms. The summed E-state index contributed by atoms with van der Waals surface area (Å²) in [6, 6.07) is 15.2. The number of halogens is 3. The largest absolute Gasteiger partial charge is 0.483 e. The minimum absolute atomic E-state index is 0.318. The summed E-state index contributed by atoms with van der Waals surface area (Å²) in [5.74, 6) is -0.198. The molecule has 0 radical (unpaired) electrons. The van der Waals surface area contributed by atoms with Crippen LogP contribution in [0.3, 0.4) is 0 Å². The number of rotatable bonds is 5. The molecule has 0 aliphatic rings. The minimum atomic E-state index is -0.502. The second-order valence-corrected chi connectivity index (χ2v) is 7.23. The molecule has 4 nitrogen and oxygen atoms in total. The molecule has 0 saturated carbocycles. The maximum atomic E-state index is 13.3. The Morgan fingerprint density at radius 2 is 1.62 bits per heavy atom. The predicted octanol–water partition coefficient (Wildman–Crippen LogP) is 5.42. The van der Waals surface area contributed by atoms with E-state index in [2.05, 4.69) is 5.10 Å². The third kappa shape index (κ3) is 3.95. The Labute approximate surface area is 171 Å². The fourth-order valence-electron chi connectivity index (χ4n) is 3.17. The smallest absolute Gasteiger partial charge is 0.139 e. The minimum Gasteiger partial charge on any atom is -0.483 e. The molecule has 0 bridgehead atoms. The first-order valence-corrected chi connectivity index (χ1v) is 9.41. The average Bonchev–Trinajstić information content (AvgIpc) is 3.10. The third-order valence-corrected chi connectivity index (χ3v) is 4.92. The fraction of sp³-hybridized carbons (Fsp3) is 0.136. The van der Waals surface area contributed by atoms with Gasteiger partial charge in [-0.3, -0.25) is 0 Å². The van der Waals surface area contributed by atoms with Gasteiger partial charge in [-0.05, 0) is 61.0 Å². The lowest BCUT2D eigenvalue weighted by Crippen LogP contribution is -2.29. The molecule has 3 aromatic carbocycles. The Bertz CT molecular complexity index is 1140. The van der Waals surface area contributed by atoms with Gasteiger partial charge in [0.05, 0.1) is 22.4 Å². The van der Waals surface area contributed by atoms with Gasteiger partial charge in [0.15, 0.2) is 0 Å². The molecular weight excluding hydrogens is 396 g/mol.